The number of benzene rings is 2. The number of hydrogen-bond acceptors (Lipinski definition) is 1. The van der Waals surface area contributed by atoms with Crippen molar-refractivity contribution in [1.29, 1.82) is 0 Å². The van der Waals surface area contributed by atoms with Crippen molar-refractivity contribution in [2.45, 2.75) is 26.2 Å². The van der Waals surface area contributed by atoms with Gasteiger partial charge in [-0.1, -0.05) is 69.8 Å². The molecule has 0 fully saturated rings. The normalized spacial score (nSPS) is 11.2. The fourth-order valence-electron chi connectivity index (χ4n) is 2.07. The van der Waals surface area contributed by atoms with Crippen molar-refractivity contribution in [2.24, 2.45) is 0 Å². The highest BCUT2D eigenvalue weighted by Gasteiger charge is 2.12. The Labute approximate surface area is 122 Å². The molecule has 2 aromatic rings. The predicted octanol–water partition coefficient (Wildman–Crippen LogP) is 5.11. The lowest BCUT2D eigenvalue weighted by atomic mass is 9.87. The van der Waals surface area contributed by atoms with Gasteiger partial charge in [-0.3, -0.25) is 0 Å². The molecular formula is C19H23N. The molecule has 2 aromatic carbocycles. The van der Waals surface area contributed by atoms with E-state index < -0.39 is 0 Å². The summed E-state index contributed by atoms with van der Waals surface area (Å²) in [6.07, 6.45) is 0. The molecule has 0 bridgehead atoms. The third-order valence-electron chi connectivity index (χ3n) is 3.44. The number of anilines is 1. The Morgan fingerprint density at radius 1 is 0.950 bits per heavy atom. The largest absolute Gasteiger partial charge is 0.381 e. The minimum Gasteiger partial charge on any atom is -0.381 e. The van der Waals surface area contributed by atoms with Crippen molar-refractivity contribution >= 4 is 11.3 Å². The van der Waals surface area contributed by atoms with E-state index in [1.807, 2.05) is 18.2 Å². The molecule has 0 radical (unpaired) electrons. The molecule has 0 unspecified atom stereocenters. The van der Waals surface area contributed by atoms with E-state index in [-0.39, 0.29) is 5.41 Å². The second kappa shape index (κ2) is 5.96. The molecule has 0 aromatic heterocycles. The molecule has 0 amide bonds. The Morgan fingerprint density at radius 3 is 2.10 bits per heavy atom. The summed E-state index contributed by atoms with van der Waals surface area (Å²) in [6.45, 7) is 11.6. The summed E-state index contributed by atoms with van der Waals surface area (Å²) in [5, 5.41) is 3.42. The van der Waals surface area contributed by atoms with Crippen LogP contribution in [0.25, 0.3) is 5.57 Å². The lowest BCUT2D eigenvalue weighted by Gasteiger charge is -2.19. The summed E-state index contributed by atoms with van der Waals surface area (Å²) in [5.74, 6) is 0. The maximum atomic E-state index is 4.13. The molecule has 0 aliphatic rings. The number of nitrogens with one attached hydrogen (secondary N) is 1. The van der Waals surface area contributed by atoms with Crippen LogP contribution in [0.5, 0.6) is 0 Å². The van der Waals surface area contributed by atoms with Crippen LogP contribution in [0.4, 0.5) is 5.69 Å². The number of rotatable bonds is 4. The lowest BCUT2D eigenvalue weighted by molar-refractivity contribution is 0.590. The summed E-state index contributed by atoms with van der Waals surface area (Å²) in [5.41, 5.74) is 4.98. The van der Waals surface area contributed by atoms with Gasteiger partial charge in [0.25, 0.3) is 0 Å². The van der Waals surface area contributed by atoms with E-state index in [0.29, 0.717) is 0 Å². The van der Waals surface area contributed by atoms with Gasteiger partial charge in [-0.05, 0) is 34.2 Å². The van der Waals surface area contributed by atoms with Crippen molar-refractivity contribution in [1.82, 2.24) is 0 Å². The quantitative estimate of drug-likeness (QED) is 0.810. The third kappa shape index (κ3) is 3.74. The molecule has 20 heavy (non-hydrogen) atoms. The zero-order valence-corrected chi connectivity index (χ0v) is 12.6. The Balaban J connectivity index is 1.96. The van der Waals surface area contributed by atoms with Crippen LogP contribution in [0.15, 0.2) is 61.2 Å². The van der Waals surface area contributed by atoms with Crippen LogP contribution < -0.4 is 5.32 Å². The van der Waals surface area contributed by atoms with Crippen molar-refractivity contribution < 1.29 is 0 Å². The molecule has 1 heteroatoms. The topological polar surface area (TPSA) is 12.0 Å². The van der Waals surface area contributed by atoms with Crippen LogP contribution >= 0.6 is 0 Å². The monoisotopic (exact) mass is 265 g/mol. The maximum absolute atomic E-state index is 4.13. The van der Waals surface area contributed by atoms with Crippen LogP contribution in [-0.2, 0) is 5.41 Å². The van der Waals surface area contributed by atoms with Gasteiger partial charge in [0.1, 0.15) is 0 Å². The second-order valence-electron chi connectivity index (χ2n) is 6.15. The average molecular weight is 265 g/mol. The molecule has 0 saturated heterocycles. The Hall–Kier alpha value is -2.02. The summed E-state index contributed by atoms with van der Waals surface area (Å²) >= 11 is 0. The fourth-order valence-corrected chi connectivity index (χ4v) is 2.07. The molecule has 1 N–H and O–H groups in total. The fraction of sp³-hybridized carbons (Fsp3) is 0.263. The molecule has 0 atom stereocenters. The van der Waals surface area contributed by atoms with E-state index in [4.69, 9.17) is 0 Å². The van der Waals surface area contributed by atoms with E-state index in [0.717, 1.165) is 17.8 Å². The summed E-state index contributed by atoms with van der Waals surface area (Å²) in [7, 11) is 0. The first-order valence-corrected chi connectivity index (χ1v) is 7.04. The van der Waals surface area contributed by atoms with Crippen molar-refractivity contribution in [3.05, 3.63) is 72.3 Å². The first-order valence-electron chi connectivity index (χ1n) is 7.04. The van der Waals surface area contributed by atoms with Crippen molar-refractivity contribution in [3.8, 4) is 0 Å². The summed E-state index contributed by atoms with van der Waals surface area (Å²) in [4.78, 5) is 0. The van der Waals surface area contributed by atoms with E-state index in [2.05, 4.69) is 69.1 Å². The molecule has 0 heterocycles. The Bertz CT molecular complexity index is 559. The number of hydrogen-bond donors (Lipinski definition) is 1. The van der Waals surface area contributed by atoms with E-state index in [9.17, 15) is 0 Å². The molecular weight excluding hydrogens is 242 g/mol. The zero-order chi connectivity index (χ0) is 14.6. The van der Waals surface area contributed by atoms with Crippen LogP contribution in [0.3, 0.4) is 0 Å². The minimum atomic E-state index is 0.201. The van der Waals surface area contributed by atoms with E-state index in [1.54, 1.807) is 0 Å². The van der Waals surface area contributed by atoms with Gasteiger partial charge < -0.3 is 5.32 Å². The maximum Gasteiger partial charge on any atom is 0.0400 e. The summed E-state index contributed by atoms with van der Waals surface area (Å²) < 4.78 is 0. The lowest BCUT2D eigenvalue weighted by Crippen LogP contribution is -2.11. The van der Waals surface area contributed by atoms with Crippen LogP contribution in [0, 0.1) is 0 Å². The molecule has 104 valence electrons. The third-order valence-corrected chi connectivity index (χ3v) is 3.44. The molecule has 0 aliphatic carbocycles. The van der Waals surface area contributed by atoms with E-state index >= 15 is 0 Å². The van der Waals surface area contributed by atoms with Crippen LogP contribution in [0.1, 0.15) is 31.9 Å². The van der Waals surface area contributed by atoms with Crippen molar-refractivity contribution in [3.63, 3.8) is 0 Å². The van der Waals surface area contributed by atoms with Crippen molar-refractivity contribution in [2.75, 3.05) is 11.9 Å². The smallest absolute Gasteiger partial charge is 0.0400 e. The SMILES string of the molecule is C=C(CNc1ccc(C(C)(C)C)cc1)c1ccccc1. The van der Waals surface area contributed by atoms with Gasteiger partial charge in [-0.2, -0.15) is 0 Å². The molecule has 1 nitrogen and oxygen atoms in total. The first-order chi connectivity index (χ1) is 9.47. The highest BCUT2D eigenvalue weighted by molar-refractivity contribution is 5.67. The first kappa shape index (κ1) is 14.4. The highest BCUT2D eigenvalue weighted by Crippen LogP contribution is 2.23. The standard InChI is InChI=1S/C19H23N/c1-15(16-8-6-5-7-9-16)14-20-18-12-10-17(11-13-18)19(2,3)4/h5-13,20H,1,14H2,2-4H3. The van der Waals surface area contributed by atoms with Gasteiger partial charge in [0.2, 0.25) is 0 Å². The van der Waals surface area contributed by atoms with Gasteiger partial charge in [0.15, 0.2) is 0 Å². The van der Waals surface area contributed by atoms with Gasteiger partial charge in [0, 0.05) is 12.2 Å². The summed E-state index contributed by atoms with van der Waals surface area (Å²) in [6, 6.07) is 18.9. The van der Waals surface area contributed by atoms with Gasteiger partial charge in [-0.15, -0.1) is 0 Å². The van der Waals surface area contributed by atoms with Crippen LogP contribution in [0.2, 0.25) is 0 Å². The highest BCUT2D eigenvalue weighted by atomic mass is 14.9. The zero-order valence-electron chi connectivity index (χ0n) is 12.6. The predicted molar refractivity (Wildman–Crippen MR) is 89.1 cm³/mol. The molecule has 2 rings (SSSR count). The molecule has 0 saturated carbocycles. The Morgan fingerprint density at radius 2 is 1.55 bits per heavy atom. The van der Waals surface area contributed by atoms with Gasteiger partial charge in [0.05, 0.1) is 0 Å². The van der Waals surface area contributed by atoms with Gasteiger partial charge >= 0.3 is 0 Å². The van der Waals surface area contributed by atoms with Gasteiger partial charge in [-0.25, -0.2) is 0 Å². The molecule has 0 spiro atoms. The molecule has 0 aliphatic heterocycles. The van der Waals surface area contributed by atoms with Crippen LogP contribution in [-0.4, -0.2) is 6.54 Å². The second-order valence-corrected chi connectivity index (χ2v) is 6.15. The Kier molecular flexibility index (Phi) is 4.29. The van der Waals surface area contributed by atoms with E-state index in [1.165, 1.54) is 11.1 Å². The average Bonchev–Trinajstić information content (AvgIpc) is 2.45. The minimum absolute atomic E-state index is 0.201.